The first-order valence-corrected chi connectivity index (χ1v) is 19.1. The van der Waals surface area contributed by atoms with Crippen LogP contribution in [-0.2, 0) is 29.8 Å². The van der Waals surface area contributed by atoms with Gasteiger partial charge >= 0.3 is 11.8 Å². The lowest BCUT2D eigenvalue weighted by atomic mass is 10.1. The van der Waals surface area contributed by atoms with E-state index in [-0.39, 0.29) is 55.4 Å². The van der Waals surface area contributed by atoms with Gasteiger partial charge in [-0.25, -0.2) is 0 Å². The van der Waals surface area contributed by atoms with Crippen LogP contribution in [-0.4, -0.2) is 59.8 Å². The van der Waals surface area contributed by atoms with Gasteiger partial charge in [-0.3, -0.25) is 28.3 Å². The van der Waals surface area contributed by atoms with E-state index in [9.17, 15) is 55.3 Å². The number of nitrogens with one attached hydrogen (secondary N) is 4. The van der Waals surface area contributed by atoms with Gasteiger partial charge in [-0.05, 0) is 73.5 Å². The Morgan fingerprint density at radius 1 is 0.464 bits per heavy atom. The standard InChI is InChI=1S/C38H30N4O12S2/c1-19-15-21(35(45)41-29-17-31(55(49,50)51)23-7-3-5-9-25(23)33(29)43)11-13-27(19)39-37(47)38(48)40-28-14-12-22(16-20(28)2)36(46)42-30-18-32(56(52,53)54)24-8-4-6-10-26(24)34(30)44/h3-18,43-44H,1-2H3,(H,39,47)(H,40,48)(H,41,45)(H,42,46)(H,49,50,51)(H,52,53,54). The molecule has 0 atom stereocenters. The molecule has 6 aromatic carbocycles. The van der Waals surface area contributed by atoms with E-state index in [4.69, 9.17) is 0 Å². The molecule has 0 saturated heterocycles. The number of carbonyl (C=O) groups is 4. The van der Waals surface area contributed by atoms with Crippen molar-refractivity contribution in [2.75, 3.05) is 21.3 Å². The maximum absolute atomic E-state index is 13.1. The molecular formula is C38H30N4O12S2. The minimum Gasteiger partial charge on any atom is -0.505 e. The Labute approximate surface area is 318 Å². The molecule has 0 radical (unpaired) electrons. The lowest BCUT2D eigenvalue weighted by Gasteiger charge is -2.14. The summed E-state index contributed by atoms with van der Waals surface area (Å²) in [6.45, 7) is 3.09. The summed E-state index contributed by atoms with van der Waals surface area (Å²) in [5, 5.41) is 31.4. The van der Waals surface area contributed by atoms with Crippen molar-refractivity contribution in [1.82, 2.24) is 0 Å². The van der Waals surface area contributed by atoms with Gasteiger partial charge in [0.25, 0.3) is 32.1 Å². The molecule has 0 aliphatic carbocycles. The molecule has 0 fully saturated rings. The Bertz CT molecular complexity index is 2700. The first-order valence-electron chi connectivity index (χ1n) is 16.2. The quantitative estimate of drug-likeness (QED) is 0.0532. The van der Waals surface area contributed by atoms with E-state index < -0.39 is 65.2 Å². The molecule has 0 aliphatic heterocycles. The molecule has 16 nitrogen and oxygen atoms in total. The maximum atomic E-state index is 13.1. The molecular weight excluding hydrogens is 769 g/mol. The van der Waals surface area contributed by atoms with Crippen LogP contribution in [0.4, 0.5) is 22.7 Å². The van der Waals surface area contributed by atoms with E-state index in [1.165, 1.54) is 84.9 Å². The number of carbonyl (C=O) groups excluding carboxylic acids is 4. The van der Waals surface area contributed by atoms with E-state index in [0.717, 1.165) is 12.1 Å². The van der Waals surface area contributed by atoms with Crippen LogP contribution < -0.4 is 21.3 Å². The maximum Gasteiger partial charge on any atom is 0.314 e. The van der Waals surface area contributed by atoms with Gasteiger partial charge in [0.15, 0.2) is 0 Å². The summed E-state index contributed by atoms with van der Waals surface area (Å²) in [5.74, 6) is -4.54. The van der Waals surface area contributed by atoms with Crippen molar-refractivity contribution in [2.45, 2.75) is 23.6 Å². The Morgan fingerprint density at radius 2 is 0.804 bits per heavy atom. The molecule has 0 unspecified atom stereocenters. The average molecular weight is 799 g/mol. The number of aromatic hydroxyl groups is 2. The van der Waals surface area contributed by atoms with Gasteiger partial charge in [-0.1, -0.05) is 48.5 Å². The molecule has 8 N–H and O–H groups in total. The highest BCUT2D eigenvalue weighted by Crippen LogP contribution is 2.39. The predicted molar refractivity (Wildman–Crippen MR) is 206 cm³/mol. The van der Waals surface area contributed by atoms with Crippen molar-refractivity contribution < 1.29 is 55.3 Å². The Hall–Kier alpha value is -6.86. The van der Waals surface area contributed by atoms with E-state index in [1.54, 1.807) is 13.8 Å². The molecule has 18 heteroatoms. The van der Waals surface area contributed by atoms with Gasteiger partial charge < -0.3 is 31.5 Å². The Morgan fingerprint density at radius 3 is 1.12 bits per heavy atom. The second kappa shape index (κ2) is 14.8. The van der Waals surface area contributed by atoms with Crippen LogP contribution in [0.1, 0.15) is 31.8 Å². The predicted octanol–water partition coefficient (Wildman–Crippen LogP) is 5.60. The number of rotatable bonds is 8. The molecule has 6 rings (SSSR count). The van der Waals surface area contributed by atoms with Crippen LogP contribution in [0.5, 0.6) is 11.5 Å². The first kappa shape index (κ1) is 38.9. The molecule has 56 heavy (non-hydrogen) atoms. The molecule has 0 aliphatic rings. The first-order chi connectivity index (χ1) is 26.3. The summed E-state index contributed by atoms with van der Waals surface area (Å²) >= 11 is 0. The highest BCUT2D eigenvalue weighted by Gasteiger charge is 2.23. The van der Waals surface area contributed by atoms with Gasteiger partial charge in [0.2, 0.25) is 0 Å². The van der Waals surface area contributed by atoms with Crippen LogP contribution >= 0.6 is 0 Å². The van der Waals surface area contributed by atoms with Crippen molar-refractivity contribution in [1.29, 1.82) is 0 Å². The van der Waals surface area contributed by atoms with Gasteiger partial charge in [0.1, 0.15) is 21.3 Å². The van der Waals surface area contributed by atoms with E-state index >= 15 is 0 Å². The smallest absolute Gasteiger partial charge is 0.314 e. The number of benzene rings is 6. The Kier molecular flexibility index (Phi) is 10.2. The van der Waals surface area contributed by atoms with E-state index in [0.29, 0.717) is 11.1 Å². The van der Waals surface area contributed by atoms with Crippen LogP contribution in [0.2, 0.25) is 0 Å². The lowest BCUT2D eigenvalue weighted by Crippen LogP contribution is -2.29. The third-order valence-electron chi connectivity index (χ3n) is 8.69. The van der Waals surface area contributed by atoms with Crippen LogP contribution in [0.25, 0.3) is 21.5 Å². The molecule has 6 aromatic rings. The second-order valence-electron chi connectivity index (χ2n) is 12.5. The fourth-order valence-corrected chi connectivity index (χ4v) is 7.35. The highest BCUT2D eigenvalue weighted by molar-refractivity contribution is 7.86. The van der Waals surface area contributed by atoms with Crippen molar-refractivity contribution in [3.63, 3.8) is 0 Å². The van der Waals surface area contributed by atoms with Gasteiger partial charge in [-0.15, -0.1) is 0 Å². The van der Waals surface area contributed by atoms with E-state index in [1.807, 2.05) is 0 Å². The number of fused-ring (bicyclic) bond motifs is 2. The van der Waals surface area contributed by atoms with Crippen molar-refractivity contribution >= 4 is 88.2 Å². The number of anilines is 4. The van der Waals surface area contributed by atoms with Crippen LogP contribution in [0.3, 0.4) is 0 Å². The molecule has 0 aromatic heterocycles. The zero-order valence-corrected chi connectivity index (χ0v) is 30.7. The van der Waals surface area contributed by atoms with Crippen LogP contribution in [0.15, 0.2) is 107 Å². The van der Waals surface area contributed by atoms with Gasteiger partial charge in [-0.2, -0.15) is 16.8 Å². The fourth-order valence-electron chi connectivity index (χ4n) is 5.91. The minimum absolute atomic E-state index is 0.0420. The summed E-state index contributed by atoms with van der Waals surface area (Å²) in [4.78, 5) is 50.9. The lowest BCUT2D eigenvalue weighted by molar-refractivity contribution is -0.133. The average Bonchev–Trinajstić information content (AvgIpc) is 3.14. The molecule has 0 heterocycles. The number of aryl methyl sites for hydroxylation is 2. The second-order valence-corrected chi connectivity index (χ2v) is 15.2. The topological polar surface area (TPSA) is 266 Å². The summed E-state index contributed by atoms with van der Waals surface area (Å²) in [6.07, 6.45) is 0. The third kappa shape index (κ3) is 7.84. The van der Waals surface area contributed by atoms with Crippen molar-refractivity contribution in [3.8, 4) is 11.5 Å². The summed E-state index contributed by atoms with van der Waals surface area (Å²) < 4.78 is 67.6. The molecule has 286 valence electrons. The minimum atomic E-state index is -4.73. The van der Waals surface area contributed by atoms with Crippen molar-refractivity contribution in [2.24, 2.45) is 0 Å². The number of hydrogen-bond donors (Lipinski definition) is 8. The number of phenols is 2. The van der Waals surface area contributed by atoms with Crippen molar-refractivity contribution in [3.05, 3.63) is 119 Å². The summed E-state index contributed by atoms with van der Waals surface area (Å²) in [6, 6.07) is 21.6. The third-order valence-corrected chi connectivity index (χ3v) is 10.5. The van der Waals surface area contributed by atoms with Gasteiger partial charge in [0, 0.05) is 44.0 Å². The fraction of sp³-hybridized carbons (Fsp3) is 0.0526. The largest absolute Gasteiger partial charge is 0.505 e. The Balaban J connectivity index is 1.12. The molecule has 0 spiro atoms. The van der Waals surface area contributed by atoms with E-state index in [2.05, 4.69) is 21.3 Å². The highest BCUT2D eigenvalue weighted by atomic mass is 32.2. The van der Waals surface area contributed by atoms with Crippen LogP contribution in [0, 0.1) is 13.8 Å². The molecule has 0 bridgehead atoms. The monoisotopic (exact) mass is 798 g/mol. The van der Waals surface area contributed by atoms with Gasteiger partial charge in [0.05, 0.1) is 11.4 Å². The number of hydrogen-bond acceptors (Lipinski definition) is 10. The molecule has 0 saturated carbocycles. The summed E-state index contributed by atoms with van der Waals surface area (Å²) in [7, 11) is -9.46. The summed E-state index contributed by atoms with van der Waals surface area (Å²) in [5.41, 5.74) is 0.566. The number of phenolic OH excluding ortho intramolecular Hbond substituents is 2. The SMILES string of the molecule is Cc1cc(C(=O)Nc2cc(S(=O)(=O)O)c3ccccc3c2O)ccc1NC(=O)C(=O)Nc1ccc(C(=O)Nc2cc(S(=O)(=O)O)c3ccccc3c2O)cc1C. The zero-order chi connectivity index (χ0) is 40.7. The number of amides is 4. The normalized spacial score (nSPS) is 11.6. The molecule has 4 amide bonds. The zero-order valence-electron chi connectivity index (χ0n) is 29.1.